The molecule has 0 aromatic carbocycles. The molecule has 2 rings (SSSR count). The van der Waals surface area contributed by atoms with Crippen LogP contribution < -0.4 is 0 Å². The molecule has 1 aliphatic rings. The SMILES string of the molecule is CC1N=NN(C)C1c1csc(C(=O)O)c1. The Labute approximate surface area is 91.0 Å². The first-order chi connectivity index (χ1) is 7.09. The standard InChI is InChI=1S/C9H11N3O2S/c1-5-8(12(2)11-10-5)6-3-7(9(13)14)15-4-6/h3-5,8H,1-2H3,(H,13,14). The molecule has 1 aromatic rings. The number of thiophene rings is 1. The van der Waals surface area contributed by atoms with Crippen molar-refractivity contribution in [3.05, 3.63) is 21.9 Å². The predicted molar refractivity (Wildman–Crippen MR) is 56.1 cm³/mol. The van der Waals surface area contributed by atoms with Crippen molar-refractivity contribution < 1.29 is 9.90 Å². The first kappa shape index (κ1) is 10.1. The van der Waals surface area contributed by atoms with Crippen molar-refractivity contribution in [2.75, 3.05) is 7.05 Å². The summed E-state index contributed by atoms with van der Waals surface area (Å²) in [6, 6.07) is 1.83. The lowest BCUT2D eigenvalue weighted by Crippen LogP contribution is -2.21. The van der Waals surface area contributed by atoms with E-state index in [4.69, 9.17) is 5.11 Å². The highest BCUT2D eigenvalue weighted by Crippen LogP contribution is 2.33. The van der Waals surface area contributed by atoms with E-state index in [9.17, 15) is 4.79 Å². The minimum absolute atomic E-state index is 0.0642. The molecule has 2 unspecified atom stereocenters. The predicted octanol–water partition coefficient (Wildman–Crippen LogP) is 2.19. The van der Waals surface area contributed by atoms with Crippen LogP contribution in [-0.2, 0) is 0 Å². The van der Waals surface area contributed by atoms with Gasteiger partial charge in [-0.25, -0.2) is 4.79 Å². The molecule has 1 aromatic heterocycles. The second-order valence-corrected chi connectivity index (χ2v) is 4.42. The van der Waals surface area contributed by atoms with E-state index in [1.54, 1.807) is 11.1 Å². The van der Waals surface area contributed by atoms with Crippen molar-refractivity contribution >= 4 is 17.3 Å². The van der Waals surface area contributed by atoms with Crippen molar-refractivity contribution in [3.8, 4) is 0 Å². The number of carboxylic acid groups (broad SMARTS) is 1. The Morgan fingerprint density at radius 2 is 2.40 bits per heavy atom. The van der Waals surface area contributed by atoms with Crippen LogP contribution in [0.25, 0.3) is 0 Å². The fraction of sp³-hybridized carbons (Fsp3) is 0.444. The molecule has 0 bridgehead atoms. The average Bonchev–Trinajstić information content (AvgIpc) is 2.73. The van der Waals surface area contributed by atoms with Crippen molar-refractivity contribution in [3.63, 3.8) is 0 Å². The van der Waals surface area contributed by atoms with E-state index in [0.29, 0.717) is 4.88 Å². The van der Waals surface area contributed by atoms with E-state index in [-0.39, 0.29) is 12.1 Å². The molecule has 5 nitrogen and oxygen atoms in total. The molecule has 0 amide bonds. The third-order valence-electron chi connectivity index (χ3n) is 2.41. The molecule has 2 atom stereocenters. The van der Waals surface area contributed by atoms with Gasteiger partial charge in [-0.3, -0.25) is 5.01 Å². The second kappa shape index (κ2) is 3.62. The van der Waals surface area contributed by atoms with Crippen LogP contribution in [0, 0.1) is 0 Å². The lowest BCUT2D eigenvalue weighted by Gasteiger charge is -2.18. The topological polar surface area (TPSA) is 65.3 Å². The Morgan fingerprint density at radius 1 is 1.67 bits per heavy atom. The van der Waals surface area contributed by atoms with Crippen LogP contribution in [0.15, 0.2) is 21.8 Å². The van der Waals surface area contributed by atoms with E-state index < -0.39 is 5.97 Å². The van der Waals surface area contributed by atoms with Gasteiger partial charge in [0.1, 0.15) is 4.88 Å². The van der Waals surface area contributed by atoms with Gasteiger partial charge in [0.15, 0.2) is 0 Å². The number of rotatable bonds is 2. The molecule has 0 aliphatic carbocycles. The summed E-state index contributed by atoms with van der Waals surface area (Å²) in [5.41, 5.74) is 0.970. The summed E-state index contributed by atoms with van der Waals surface area (Å²) in [5, 5.41) is 20.4. The van der Waals surface area contributed by atoms with E-state index >= 15 is 0 Å². The molecule has 15 heavy (non-hydrogen) atoms. The van der Waals surface area contributed by atoms with Gasteiger partial charge in [0, 0.05) is 7.05 Å². The number of aromatic carboxylic acids is 1. The lowest BCUT2D eigenvalue weighted by molar-refractivity contribution is 0.0702. The number of carboxylic acids is 1. The van der Waals surface area contributed by atoms with Crippen LogP contribution in [-0.4, -0.2) is 29.2 Å². The van der Waals surface area contributed by atoms with Crippen molar-refractivity contribution in [2.45, 2.75) is 19.0 Å². The molecule has 0 saturated heterocycles. The molecule has 0 fully saturated rings. The third kappa shape index (κ3) is 1.72. The number of likely N-dealkylation sites (N-methyl/N-ethyl adjacent to an activating group) is 1. The van der Waals surface area contributed by atoms with Crippen LogP contribution in [0.2, 0.25) is 0 Å². The molecule has 2 heterocycles. The zero-order chi connectivity index (χ0) is 11.0. The molecule has 0 saturated carbocycles. The molecular weight excluding hydrogens is 214 g/mol. The summed E-state index contributed by atoms with van der Waals surface area (Å²) >= 11 is 1.24. The van der Waals surface area contributed by atoms with Gasteiger partial charge in [-0.1, -0.05) is 5.22 Å². The smallest absolute Gasteiger partial charge is 0.345 e. The summed E-state index contributed by atoms with van der Waals surface area (Å²) in [6.07, 6.45) is 0. The number of carbonyl (C=O) groups is 1. The average molecular weight is 225 g/mol. The maximum absolute atomic E-state index is 10.7. The van der Waals surface area contributed by atoms with E-state index in [0.717, 1.165) is 5.56 Å². The van der Waals surface area contributed by atoms with Gasteiger partial charge < -0.3 is 5.11 Å². The van der Waals surface area contributed by atoms with Gasteiger partial charge in [0.2, 0.25) is 0 Å². The zero-order valence-electron chi connectivity index (χ0n) is 8.41. The minimum Gasteiger partial charge on any atom is -0.477 e. The summed E-state index contributed by atoms with van der Waals surface area (Å²) in [4.78, 5) is 11.1. The fourth-order valence-corrected chi connectivity index (χ4v) is 2.48. The molecular formula is C9H11N3O2S. The van der Waals surface area contributed by atoms with Crippen LogP contribution in [0.1, 0.15) is 28.2 Å². The quantitative estimate of drug-likeness (QED) is 0.839. The van der Waals surface area contributed by atoms with Gasteiger partial charge in [0.05, 0.1) is 12.1 Å². The highest BCUT2D eigenvalue weighted by atomic mass is 32.1. The normalized spacial score (nSPS) is 24.8. The largest absolute Gasteiger partial charge is 0.477 e. The Balaban J connectivity index is 2.26. The molecule has 0 spiro atoms. The van der Waals surface area contributed by atoms with Crippen LogP contribution in [0.5, 0.6) is 0 Å². The van der Waals surface area contributed by atoms with Gasteiger partial charge in [-0.2, -0.15) is 5.11 Å². The first-order valence-electron chi connectivity index (χ1n) is 4.55. The van der Waals surface area contributed by atoms with E-state index in [1.165, 1.54) is 11.3 Å². The first-order valence-corrected chi connectivity index (χ1v) is 5.43. The molecule has 1 N–H and O–H groups in total. The van der Waals surface area contributed by atoms with Crippen molar-refractivity contribution in [1.82, 2.24) is 5.01 Å². The summed E-state index contributed by atoms with van der Waals surface area (Å²) < 4.78 is 0. The number of hydrogen-bond acceptors (Lipinski definition) is 5. The highest BCUT2D eigenvalue weighted by Gasteiger charge is 2.29. The van der Waals surface area contributed by atoms with E-state index in [1.807, 2.05) is 19.4 Å². The lowest BCUT2D eigenvalue weighted by atomic mass is 10.0. The Kier molecular flexibility index (Phi) is 2.44. The summed E-state index contributed by atoms with van der Waals surface area (Å²) in [5.74, 6) is -0.881. The third-order valence-corrected chi connectivity index (χ3v) is 3.34. The van der Waals surface area contributed by atoms with Gasteiger partial charge in [0.25, 0.3) is 0 Å². The number of hydrogen-bond donors (Lipinski definition) is 1. The zero-order valence-corrected chi connectivity index (χ0v) is 9.23. The fourth-order valence-electron chi connectivity index (χ4n) is 1.71. The van der Waals surface area contributed by atoms with Crippen LogP contribution >= 0.6 is 11.3 Å². The maximum Gasteiger partial charge on any atom is 0.345 e. The second-order valence-electron chi connectivity index (χ2n) is 3.51. The van der Waals surface area contributed by atoms with Crippen molar-refractivity contribution in [1.29, 1.82) is 0 Å². The summed E-state index contributed by atoms with van der Waals surface area (Å²) in [7, 11) is 1.84. The molecule has 6 heteroatoms. The maximum atomic E-state index is 10.7. The molecule has 80 valence electrons. The number of nitrogens with zero attached hydrogens (tertiary/aromatic N) is 3. The monoisotopic (exact) mass is 225 g/mol. The highest BCUT2D eigenvalue weighted by molar-refractivity contribution is 7.12. The van der Waals surface area contributed by atoms with Crippen LogP contribution in [0.3, 0.4) is 0 Å². The molecule has 0 radical (unpaired) electrons. The Hall–Kier alpha value is -1.43. The molecule has 1 aliphatic heterocycles. The van der Waals surface area contributed by atoms with Crippen molar-refractivity contribution in [2.24, 2.45) is 10.3 Å². The van der Waals surface area contributed by atoms with Gasteiger partial charge in [-0.05, 0) is 23.9 Å². The minimum atomic E-state index is -0.881. The van der Waals surface area contributed by atoms with Gasteiger partial charge in [-0.15, -0.1) is 11.3 Å². The Morgan fingerprint density at radius 3 is 2.87 bits per heavy atom. The summed E-state index contributed by atoms with van der Waals surface area (Å²) in [6.45, 7) is 1.97. The van der Waals surface area contributed by atoms with Gasteiger partial charge >= 0.3 is 5.97 Å². The Bertz CT molecular complexity index is 403. The van der Waals surface area contributed by atoms with E-state index in [2.05, 4.69) is 10.3 Å². The van der Waals surface area contributed by atoms with Crippen LogP contribution in [0.4, 0.5) is 0 Å².